The molecule has 1 aliphatic carbocycles. The van der Waals surface area contributed by atoms with Gasteiger partial charge in [0, 0.05) is 0 Å². The van der Waals surface area contributed by atoms with Crippen LogP contribution >= 0.6 is 0 Å². The number of rotatable bonds is 3. The van der Waals surface area contributed by atoms with Crippen molar-refractivity contribution in [2.24, 2.45) is 0 Å². The first-order chi connectivity index (χ1) is 7.81. The Hall–Kier alpha value is -1.52. The van der Waals surface area contributed by atoms with Crippen LogP contribution in [0.4, 0.5) is 0 Å². The molecular formula is C11H16N2O3. The lowest BCUT2D eigenvalue weighted by molar-refractivity contribution is 0.142. The monoisotopic (exact) mass is 224 g/mol. The van der Waals surface area contributed by atoms with Gasteiger partial charge in [0.05, 0.1) is 13.4 Å². The molecule has 1 saturated carbocycles. The highest BCUT2D eigenvalue weighted by Gasteiger charge is 2.18. The van der Waals surface area contributed by atoms with Crippen molar-refractivity contribution >= 4 is 0 Å². The number of methoxy groups -OCH3 is 1. The van der Waals surface area contributed by atoms with E-state index in [1.165, 1.54) is 32.7 Å². The minimum atomic E-state index is -0.302. The lowest BCUT2D eigenvalue weighted by Gasteiger charge is -2.22. The Morgan fingerprint density at radius 2 is 2.12 bits per heavy atom. The van der Waals surface area contributed by atoms with Gasteiger partial charge in [-0.3, -0.25) is 4.79 Å². The molecule has 16 heavy (non-hydrogen) atoms. The lowest BCUT2D eigenvalue weighted by Crippen LogP contribution is -2.22. The van der Waals surface area contributed by atoms with E-state index in [0.29, 0.717) is 5.88 Å². The van der Waals surface area contributed by atoms with Crippen LogP contribution in [0.25, 0.3) is 0 Å². The summed E-state index contributed by atoms with van der Waals surface area (Å²) in [6.45, 7) is 0. The number of nitrogens with one attached hydrogen (secondary N) is 1. The Morgan fingerprint density at radius 1 is 1.38 bits per heavy atom. The van der Waals surface area contributed by atoms with E-state index in [9.17, 15) is 4.79 Å². The second-order valence-corrected chi connectivity index (χ2v) is 3.95. The van der Waals surface area contributed by atoms with Gasteiger partial charge in [0.1, 0.15) is 6.10 Å². The quantitative estimate of drug-likeness (QED) is 0.844. The van der Waals surface area contributed by atoms with E-state index in [2.05, 4.69) is 9.97 Å². The smallest absolute Gasteiger partial charge is 0.297 e. The van der Waals surface area contributed by atoms with Gasteiger partial charge in [-0.15, -0.1) is 0 Å². The predicted molar refractivity (Wildman–Crippen MR) is 58.9 cm³/mol. The molecular weight excluding hydrogens is 208 g/mol. The highest BCUT2D eigenvalue weighted by atomic mass is 16.5. The summed E-state index contributed by atoms with van der Waals surface area (Å²) in [4.78, 5) is 17.9. The molecule has 5 nitrogen and oxygen atoms in total. The first kappa shape index (κ1) is 11.0. The molecule has 0 aliphatic heterocycles. The molecule has 0 amide bonds. The van der Waals surface area contributed by atoms with Gasteiger partial charge in [0.25, 0.3) is 11.4 Å². The van der Waals surface area contributed by atoms with Crippen molar-refractivity contribution in [3.63, 3.8) is 0 Å². The Bertz CT molecular complexity index is 396. The van der Waals surface area contributed by atoms with Crippen LogP contribution in [0, 0.1) is 0 Å². The maximum Gasteiger partial charge on any atom is 0.297 e. The number of hydrogen-bond donors (Lipinski definition) is 1. The molecule has 1 aliphatic rings. The first-order valence-electron chi connectivity index (χ1n) is 5.59. The van der Waals surface area contributed by atoms with Gasteiger partial charge in [-0.05, 0) is 25.7 Å². The van der Waals surface area contributed by atoms with Crippen molar-refractivity contribution in [1.29, 1.82) is 0 Å². The number of aromatic amines is 1. The fourth-order valence-electron chi connectivity index (χ4n) is 1.98. The van der Waals surface area contributed by atoms with Gasteiger partial charge in [-0.25, -0.2) is 4.98 Å². The molecule has 1 fully saturated rings. The van der Waals surface area contributed by atoms with Gasteiger partial charge < -0.3 is 14.5 Å². The van der Waals surface area contributed by atoms with Gasteiger partial charge >= 0.3 is 0 Å². The number of aromatic nitrogens is 2. The Labute approximate surface area is 93.8 Å². The van der Waals surface area contributed by atoms with E-state index >= 15 is 0 Å². The molecule has 0 atom stereocenters. The normalized spacial score (nSPS) is 17.1. The van der Waals surface area contributed by atoms with Gasteiger partial charge in [0.15, 0.2) is 0 Å². The average molecular weight is 224 g/mol. The van der Waals surface area contributed by atoms with E-state index in [1.54, 1.807) is 0 Å². The van der Waals surface area contributed by atoms with Crippen LogP contribution in [0.3, 0.4) is 0 Å². The summed E-state index contributed by atoms with van der Waals surface area (Å²) in [5.41, 5.74) is -0.302. The molecule has 1 aromatic heterocycles. The summed E-state index contributed by atoms with van der Waals surface area (Å²) >= 11 is 0. The SMILES string of the molecule is COc1c(OC2CCCCC2)nc[nH]c1=O. The minimum Gasteiger partial charge on any atom is -0.487 e. The second-order valence-electron chi connectivity index (χ2n) is 3.95. The molecule has 0 saturated heterocycles. The number of nitrogens with zero attached hydrogens (tertiary/aromatic N) is 1. The zero-order valence-corrected chi connectivity index (χ0v) is 9.36. The molecule has 2 rings (SSSR count). The van der Waals surface area contributed by atoms with E-state index in [-0.39, 0.29) is 17.4 Å². The number of ether oxygens (including phenoxy) is 2. The molecule has 0 bridgehead atoms. The minimum absolute atomic E-state index is 0.160. The third kappa shape index (κ3) is 2.35. The summed E-state index contributed by atoms with van der Waals surface area (Å²) in [6, 6.07) is 0. The van der Waals surface area contributed by atoms with Crippen LogP contribution in [0.15, 0.2) is 11.1 Å². The van der Waals surface area contributed by atoms with Crippen molar-refractivity contribution in [3.8, 4) is 11.6 Å². The third-order valence-electron chi connectivity index (χ3n) is 2.81. The molecule has 1 N–H and O–H groups in total. The molecule has 1 aromatic rings. The molecule has 0 radical (unpaired) electrons. The molecule has 1 heterocycles. The van der Waals surface area contributed by atoms with Crippen molar-refractivity contribution in [3.05, 3.63) is 16.7 Å². The second kappa shape index (κ2) is 5.01. The summed E-state index contributed by atoms with van der Waals surface area (Å²) < 4.78 is 10.7. The van der Waals surface area contributed by atoms with Crippen LogP contribution in [-0.4, -0.2) is 23.2 Å². The van der Waals surface area contributed by atoms with Gasteiger partial charge in [-0.1, -0.05) is 6.42 Å². The van der Waals surface area contributed by atoms with Crippen molar-refractivity contribution in [2.45, 2.75) is 38.2 Å². The summed E-state index contributed by atoms with van der Waals surface area (Å²) in [5.74, 6) is 0.464. The summed E-state index contributed by atoms with van der Waals surface area (Å²) in [5, 5.41) is 0. The Morgan fingerprint density at radius 3 is 2.81 bits per heavy atom. The van der Waals surface area contributed by atoms with E-state index in [4.69, 9.17) is 9.47 Å². The lowest BCUT2D eigenvalue weighted by atomic mass is 9.98. The largest absolute Gasteiger partial charge is 0.487 e. The highest BCUT2D eigenvalue weighted by Crippen LogP contribution is 2.25. The summed E-state index contributed by atoms with van der Waals surface area (Å²) in [7, 11) is 1.44. The molecule has 5 heteroatoms. The fraction of sp³-hybridized carbons (Fsp3) is 0.636. The standard InChI is InChI=1S/C11H16N2O3/c1-15-9-10(14)12-7-13-11(9)16-8-5-3-2-4-6-8/h7-8H,2-6H2,1H3,(H,12,13,14). The van der Waals surface area contributed by atoms with Crippen LogP contribution in [0.2, 0.25) is 0 Å². The van der Waals surface area contributed by atoms with Crippen LogP contribution in [0.5, 0.6) is 11.6 Å². The third-order valence-corrected chi connectivity index (χ3v) is 2.81. The van der Waals surface area contributed by atoms with Crippen molar-refractivity contribution in [2.75, 3.05) is 7.11 Å². The topological polar surface area (TPSA) is 64.2 Å². The van der Waals surface area contributed by atoms with E-state index in [1.807, 2.05) is 0 Å². The van der Waals surface area contributed by atoms with Crippen LogP contribution < -0.4 is 15.0 Å². The Kier molecular flexibility index (Phi) is 3.44. The summed E-state index contributed by atoms with van der Waals surface area (Å²) in [6.07, 6.45) is 7.17. The average Bonchev–Trinajstić information content (AvgIpc) is 2.31. The predicted octanol–water partition coefficient (Wildman–Crippen LogP) is 1.49. The Balaban J connectivity index is 2.13. The first-order valence-corrected chi connectivity index (χ1v) is 5.59. The van der Waals surface area contributed by atoms with Gasteiger partial charge in [-0.2, -0.15) is 0 Å². The van der Waals surface area contributed by atoms with Crippen molar-refractivity contribution in [1.82, 2.24) is 9.97 Å². The van der Waals surface area contributed by atoms with E-state index < -0.39 is 0 Å². The fourth-order valence-corrected chi connectivity index (χ4v) is 1.98. The van der Waals surface area contributed by atoms with Gasteiger partial charge in [0.2, 0.25) is 5.75 Å². The maximum absolute atomic E-state index is 11.4. The highest BCUT2D eigenvalue weighted by molar-refractivity contribution is 5.29. The maximum atomic E-state index is 11.4. The zero-order valence-electron chi connectivity index (χ0n) is 9.36. The van der Waals surface area contributed by atoms with Crippen LogP contribution in [0.1, 0.15) is 32.1 Å². The van der Waals surface area contributed by atoms with Crippen LogP contribution in [-0.2, 0) is 0 Å². The number of H-pyrrole nitrogens is 1. The van der Waals surface area contributed by atoms with Crippen molar-refractivity contribution < 1.29 is 9.47 Å². The molecule has 88 valence electrons. The number of hydrogen-bond acceptors (Lipinski definition) is 4. The zero-order chi connectivity index (χ0) is 11.4. The molecule has 0 spiro atoms. The molecule has 0 aromatic carbocycles. The molecule has 0 unspecified atom stereocenters. The van der Waals surface area contributed by atoms with E-state index in [0.717, 1.165) is 12.8 Å².